The Balaban J connectivity index is 1.72. The van der Waals surface area contributed by atoms with Crippen molar-refractivity contribution in [2.45, 2.75) is 45.6 Å². The number of nitrogens with one attached hydrogen (secondary N) is 1. The Hall–Kier alpha value is -2.35. The van der Waals surface area contributed by atoms with Crippen LogP contribution in [0.5, 0.6) is 17.2 Å². The molecule has 0 aliphatic heterocycles. The predicted octanol–water partition coefficient (Wildman–Crippen LogP) is 6.51. The fraction of sp³-hybridized carbons (Fsp3) is 0.360. The van der Waals surface area contributed by atoms with Gasteiger partial charge in [-0.3, -0.25) is 4.79 Å². The van der Waals surface area contributed by atoms with E-state index in [4.69, 9.17) is 21.1 Å². The molecule has 0 saturated heterocycles. The Labute approximate surface area is 208 Å². The molecule has 0 radical (unpaired) electrons. The highest BCUT2D eigenvalue weighted by Crippen LogP contribution is 2.40. The highest BCUT2D eigenvalue weighted by Gasteiger charge is 2.17. The molecule has 0 atom stereocenters. The van der Waals surface area contributed by atoms with E-state index in [9.17, 15) is 4.79 Å². The average molecular weight is 535 g/mol. The van der Waals surface area contributed by atoms with Crippen LogP contribution in [0.1, 0.15) is 44.6 Å². The highest BCUT2D eigenvalue weighted by atomic mass is 79.9. The van der Waals surface area contributed by atoms with Crippen molar-refractivity contribution in [2.75, 3.05) is 13.7 Å². The highest BCUT2D eigenvalue weighted by molar-refractivity contribution is 9.10. The second-order valence-electron chi connectivity index (χ2n) is 7.69. The maximum absolute atomic E-state index is 12.6. The van der Waals surface area contributed by atoms with E-state index in [0.29, 0.717) is 21.7 Å². The molecule has 176 valence electrons. The summed E-state index contributed by atoms with van der Waals surface area (Å²) < 4.78 is 13.4. The quantitative estimate of drug-likeness (QED) is 0.268. The summed E-state index contributed by atoms with van der Waals surface area (Å²) in [6, 6.07) is 14.3. The van der Waals surface area contributed by atoms with Crippen molar-refractivity contribution >= 4 is 27.5 Å². The van der Waals surface area contributed by atoms with Crippen LogP contribution in [0.25, 0.3) is 5.69 Å². The third kappa shape index (κ3) is 7.06. The first-order valence-electron chi connectivity index (χ1n) is 11.1. The molecule has 0 unspecified atom stereocenters. The molecule has 0 aliphatic rings. The van der Waals surface area contributed by atoms with E-state index >= 15 is 0 Å². The zero-order valence-electron chi connectivity index (χ0n) is 18.9. The predicted molar refractivity (Wildman–Crippen MR) is 136 cm³/mol. The number of para-hydroxylation sites is 1. The topological polar surface area (TPSA) is 65.4 Å². The number of halogens is 2. The smallest absolute Gasteiger partial charge is 0.275 e. The standard InChI is InChI=1S/C25H29BrClN3O3/c1-3-4-5-6-10-13-28-17-18-14-20(26)24(21(15-18)32-2)33-22-16-23(31)30(29-25(22)27)19-11-8-7-9-12-19/h7-9,11-12,14-16,28H,3-6,10,13,17H2,1-2H3. The Kier molecular flexibility index (Phi) is 9.78. The van der Waals surface area contributed by atoms with Gasteiger partial charge < -0.3 is 14.8 Å². The number of aromatic nitrogens is 2. The van der Waals surface area contributed by atoms with Gasteiger partial charge >= 0.3 is 0 Å². The lowest BCUT2D eigenvalue weighted by Crippen LogP contribution is -2.20. The molecular formula is C25H29BrClN3O3. The van der Waals surface area contributed by atoms with Gasteiger partial charge in [0.1, 0.15) is 0 Å². The van der Waals surface area contributed by atoms with Gasteiger partial charge in [-0.05, 0) is 58.7 Å². The summed E-state index contributed by atoms with van der Waals surface area (Å²) in [6.07, 6.45) is 6.25. The lowest BCUT2D eigenvalue weighted by Gasteiger charge is -2.15. The zero-order valence-corrected chi connectivity index (χ0v) is 21.3. The summed E-state index contributed by atoms with van der Waals surface area (Å²) in [6.45, 7) is 3.92. The summed E-state index contributed by atoms with van der Waals surface area (Å²) in [7, 11) is 1.58. The number of nitrogens with zero attached hydrogens (tertiary/aromatic N) is 2. The number of methoxy groups -OCH3 is 1. The normalized spacial score (nSPS) is 10.9. The third-order valence-electron chi connectivity index (χ3n) is 5.14. The van der Waals surface area contributed by atoms with Crippen molar-refractivity contribution in [1.29, 1.82) is 0 Å². The molecule has 3 rings (SSSR count). The van der Waals surface area contributed by atoms with Crippen molar-refractivity contribution in [3.05, 3.63) is 74.1 Å². The van der Waals surface area contributed by atoms with Gasteiger partial charge in [0.2, 0.25) is 0 Å². The van der Waals surface area contributed by atoms with E-state index in [1.807, 2.05) is 30.3 Å². The summed E-state index contributed by atoms with van der Waals surface area (Å²) in [4.78, 5) is 12.6. The first-order chi connectivity index (χ1) is 16.0. The van der Waals surface area contributed by atoms with Crippen LogP contribution in [0.15, 0.2) is 57.8 Å². The largest absolute Gasteiger partial charge is 0.493 e. The molecule has 33 heavy (non-hydrogen) atoms. The molecule has 2 aromatic carbocycles. The van der Waals surface area contributed by atoms with E-state index in [1.165, 1.54) is 42.9 Å². The van der Waals surface area contributed by atoms with Gasteiger partial charge in [-0.15, -0.1) is 5.10 Å². The van der Waals surface area contributed by atoms with Crippen LogP contribution >= 0.6 is 27.5 Å². The molecular weight excluding hydrogens is 506 g/mol. The van der Waals surface area contributed by atoms with E-state index in [0.717, 1.165) is 18.7 Å². The summed E-state index contributed by atoms with van der Waals surface area (Å²) in [5, 5.41) is 7.74. The second kappa shape index (κ2) is 12.8. The number of hydrogen-bond donors (Lipinski definition) is 1. The van der Waals surface area contributed by atoms with Crippen LogP contribution in [0, 0.1) is 0 Å². The molecule has 0 saturated carbocycles. The molecule has 1 N–H and O–H groups in total. The van der Waals surface area contributed by atoms with Crippen molar-refractivity contribution in [3.63, 3.8) is 0 Å². The number of hydrogen-bond acceptors (Lipinski definition) is 5. The summed E-state index contributed by atoms with van der Waals surface area (Å²) >= 11 is 9.91. The Morgan fingerprint density at radius 2 is 1.82 bits per heavy atom. The molecule has 0 spiro atoms. The average Bonchev–Trinajstić information content (AvgIpc) is 2.82. The van der Waals surface area contributed by atoms with Gasteiger partial charge in [-0.25, -0.2) is 0 Å². The van der Waals surface area contributed by atoms with E-state index in [-0.39, 0.29) is 16.5 Å². The molecule has 8 heteroatoms. The fourth-order valence-electron chi connectivity index (χ4n) is 3.42. The minimum atomic E-state index is -0.351. The van der Waals surface area contributed by atoms with Gasteiger partial charge in [-0.1, -0.05) is 62.4 Å². The molecule has 1 aromatic heterocycles. The van der Waals surface area contributed by atoms with Gasteiger partial charge in [-0.2, -0.15) is 4.68 Å². The van der Waals surface area contributed by atoms with Crippen LogP contribution in [0.2, 0.25) is 5.15 Å². The van der Waals surface area contributed by atoms with Gasteiger partial charge in [0.25, 0.3) is 5.56 Å². The van der Waals surface area contributed by atoms with Gasteiger partial charge in [0, 0.05) is 6.54 Å². The SMILES string of the molecule is CCCCCCCNCc1cc(Br)c(Oc2cc(=O)n(-c3ccccc3)nc2Cl)c(OC)c1. The fourth-order valence-corrected chi connectivity index (χ4v) is 4.15. The third-order valence-corrected chi connectivity index (χ3v) is 5.99. The Morgan fingerprint density at radius 3 is 2.55 bits per heavy atom. The number of unbranched alkanes of at least 4 members (excludes halogenated alkanes) is 4. The van der Waals surface area contributed by atoms with Gasteiger partial charge in [0.15, 0.2) is 22.4 Å². The molecule has 0 amide bonds. The van der Waals surface area contributed by atoms with Crippen LogP contribution < -0.4 is 20.3 Å². The molecule has 0 bridgehead atoms. The van der Waals surface area contributed by atoms with Crippen LogP contribution in [-0.4, -0.2) is 23.4 Å². The summed E-state index contributed by atoms with van der Waals surface area (Å²) in [5.74, 6) is 1.12. The van der Waals surface area contributed by atoms with Crippen molar-refractivity contribution in [2.24, 2.45) is 0 Å². The molecule has 1 heterocycles. The van der Waals surface area contributed by atoms with E-state index < -0.39 is 0 Å². The zero-order chi connectivity index (χ0) is 23.6. The number of ether oxygens (including phenoxy) is 2. The molecule has 6 nitrogen and oxygen atoms in total. The second-order valence-corrected chi connectivity index (χ2v) is 8.90. The summed E-state index contributed by atoms with van der Waals surface area (Å²) in [5.41, 5.74) is 1.33. The maximum Gasteiger partial charge on any atom is 0.275 e. The minimum Gasteiger partial charge on any atom is -0.493 e. The van der Waals surface area contributed by atoms with Gasteiger partial charge in [0.05, 0.1) is 23.3 Å². The first-order valence-corrected chi connectivity index (χ1v) is 12.3. The minimum absolute atomic E-state index is 0.0706. The molecule has 3 aromatic rings. The first kappa shape index (κ1) is 25.3. The van der Waals surface area contributed by atoms with Crippen molar-refractivity contribution in [3.8, 4) is 22.9 Å². The van der Waals surface area contributed by atoms with Crippen molar-refractivity contribution in [1.82, 2.24) is 15.1 Å². The van der Waals surface area contributed by atoms with E-state index in [2.05, 4.69) is 33.3 Å². The Bertz CT molecular complexity index is 1110. The number of rotatable bonds is 12. The lowest BCUT2D eigenvalue weighted by molar-refractivity contribution is 0.375. The van der Waals surface area contributed by atoms with Crippen LogP contribution in [-0.2, 0) is 6.54 Å². The monoisotopic (exact) mass is 533 g/mol. The number of benzene rings is 2. The van der Waals surface area contributed by atoms with E-state index in [1.54, 1.807) is 19.2 Å². The van der Waals surface area contributed by atoms with Crippen molar-refractivity contribution < 1.29 is 9.47 Å². The lowest BCUT2D eigenvalue weighted by atomic mass is 10.1. The van der Waals surface area contributed by atoms with Crippen LogP contribution in [0.4, 0.5) is 0 Å². The molecule has 0 fully saturated rings. The molecule has 0 aliphatic carbocycles. The Morgan fingerprint density at radius 1 is 1.06 bits per heavy atom. The van der Waals surface area contributed by atoms with Crippen LogP contribution in [0.3, 0.4) is 0 Å². The maximum atomic E-state index is 12.6.